The molecule has 0 amide bonds. The van der Waals surface area contributed by atoms with Gasteiger partial charge in [-0.05, 0) is 0 Å². The quantitative estimate of drug-likeness (QED) is 0.833. The van der Waals surface area contributed by atoms with Crippen molar-refractivity contribution >= 4 is 0 Å². The third kappa shape index (κ3) is 3.45. The van der Waals surface area contributed by atoms with Crippen LogP contribution in [0, 0.1) is 0 Å². The average Bonchev–Trinajstić information content (AvgIpc) is 2.91. The molecule has 0 aromatic carbocycles. The minimum absolute atomic E-state index is 0.0713. The molecule has 0 fully saturated rings. The van der Waals surface area contributed by atoms with E-state index in [2.05, 4.69) is 47.6 Å². The largest absolute Gasteiger partial charge is 0.321 e. The molecule has 6 heteroatoms. The molecule has 2 rings (SSSR count). The standard InChI is InChI=1S/C14H24N6/c1-14(2,3)13-11(9-20(5)18-13)8-15-7-6-12-17-16-10-19(12)4/h9-10,15H,6-8H2,1-5H3. The smallest absolute Gasteiger partial charge is 0.133 e. The van der Waals surface area contributed by atoms with Crippen LogP contribution in [0.1, 0.15) is 37.9 Å². The third-order valence-corrected chi connectivity index (χ3v) is 3.26. The Hall–Kier alpha value is -1.69. The van der Waals surface area contributed by atoms with Crippen LogP contribution in [0.3, 0.4) is 0 Å². The Labute approximate surface area is 120 Å². The Bertz CT molecular complexity index is 560. The Morgan fingerprint density at radius 1 is 1.25 bits per heavy atom. The van der Waals surface area contributed by atoms with Gasteiger partial charge < -0.3 is 9.88 Å². The van der Waals surface area contributed by atoms with Crippen molar-refractivity contribution in [1.29, 1.82) is 0 Å². The second-order valence-corrected chi connectivity index (χ2v) is 6.21. The Morgan fingerprint density at radius 2 is 2.00 bits per heavy atom. The first-order valence-electron chi connectivity index (χ1n) is 6.94. The highest BCUT2D eigenvalue weighted by Crippen LogP contribution is 2.23. The van der Waals surface area contributed by atoms with Gasteiger partial charge in [-0.1, -0.05) is 20.8 Å². The van der Waals surface area contributed by atoms with Gasteiger partial charge in [0, 0.05) is 50.8 Å². The predicted octanol–water partition coefficient (Wildman–Crippen LogP) is 1.18. The molecule has 0 aliphatic rings. The van der Waals surface area contributed by atoms with Gasteiger partial charge in [0.25, 0.3) is 0 Å². The summed E-state index contributed by atoms with van der Waals surface area (Å²) in [5.74, 6) is 1.000. The summed E-state index contributed by atoms with van der Waals surface area (Å²) in [7, 11) is 3.94. The van der Waals surface area contributed by atoms with E-state index in [0.717, 1.165) is 31.0 Å². The van der Waals surface area contributed by atoms with Crippen molar-refractivity contribution in [2.75, 3.05) is 6.54 Å². The summed E-state index contributed by atoms with van der Waals surface area (Å²) >= 11 is 0. The first kappa shape index (κ1) is 14.7. The summed E-state index contributed by atoms with van der Waals surface area (Å²) in [6.45, 7) is 8.29. The number of hydrogen-bond donors (Lipinski definition) is 1. The van der Waals surface area contributed by atoms with Gasteiger partial charge >= 0.3 is 0 Å². The van der Waals surface area contributed by atoms with Crippen LogP contribution in [0.2, 0.25) is 0 Å². The van der Waals surface area contributed by atoms with Gasteiger partial charge in [-0.15, -0.1) is 10.2 Å². The number of rotatable bonds is 5. The molecule has 0 spiro atoms. The fourth-order valence-electron chi connectivity index (χ4n) is 2.26. The fraction of sp³-hybridized carbons (Fsp3) is 0.643. The number of aromatic nitrogens is 5. The van der Waals surface area contributed by atoms with E-state index in [1.54, 1.807) is 6.33 Å². The zero-order chi connectivity index (χ0) is 14.8. The fourth-order valence-corrected chi connectivity index (χ4v) is 2.26. The number of aryl methyl sites for hydroxylation is 2. The molecular weight excluding hydrogens is 252 g/mol. The maximum atomic E-state index is 4.57. The van der Waals surface area contributed by atoms with Gasteiger partial charge in [0.1, 0.15) is 12.2 Å². The molecule has 0 aliphatic carbocycles. The lowest BCUT2D eigenvalue weighted by atomic mass is 9.89. The topological polar surface area (TPSA) is 60.6 Å². The third-order valence-electron chi connectivity index (χ3n) is 3.26. The van der Waals surface area contributed by atoms with Crippen molar-refractivity contribution in [2.24, 2.45) is 14.1 Å². The van der Waals surface area contributed by atoms with Crippen LogP contribution in [-0.4, -0.2) is 31.1 Å². The van der Waals surface area contributed by atoms with Gasteiger partial charge in [0.05, 0.1) is 5.69 Å². The molecule has 0 unspecified atom stereocenters. The van der Waals surface area contributed by atoms with Crippen LogP contribution in [0.4, 0.5) is 0 Å². The van der Waals surface area contributed by atoms with Crippen LogP contribution in [0.15, 0.2) is 12.5 Å². The van der Waals surface area contributed by atoms with Crippen LogP contribution < -0.4 is 5.32 Å². The molecule has 0 saturated heterocycles. The first-order chi connectivity index (χ1) is 9.38. The minimum Gasteiger partial charge on any atom is -0.321 e. The van der Waals surface area contributed by atoms with Crippen molar-refractivity contribution in [2.45, 2.75) is 39.2 Å². The maximum Gasteiger partial charge on any atom is 0.133 e. The number of nitrogens with one attached hydrogen (secondary N) is 1. The van der Waals surface area contributed by atoms with Crippen LogP contribution in [0.25, 0.3) is 0 Å². The van der Waals surface area contributed by atoms with Crippen LogP contribution in [-0.2, 0) is 32.5 Å². The van der Waals surface area contributed by atoms with E-state index in [9.17, 15) is 0 Å². The van der Waals surface area contributed by atoms with E-state index < -0.39 is 0 Å². The van der Waals surface area contributed by atoms with Crippen molar-refractivity contribution in [3.63, 3.8) is 0 Å². The Balaban J connectivity index is 1.90. The van der Waals surface area contributed by atoms with Gasteiger partial charge in [0.15, 0.2) is 0 Å². The SMILES string of the molecule is Cn1cc(CNCCc2nncn2C)c(C(C)(C)C)n1. The van der Waals surface area contributed by atoms with Gasteiger partial charge in [0.2, 0.25) is 0 Å². The van der Waals surface area contributed by atoms with Gasteiger partial charge in [-0.25, -0.2) is 0 Å². The minimum atomic E-state index is 0.0713. The molecule has 20 heavy (non-hydrogen) atoms. The molecule has 0 saturated carbocycles. The predicted molar refractivity (Wildman–Crippen MR) is 78.3 cm³/mol. The van der Waals surface area contributed by atoms with E-state index >= 15 is 0 Å². The monoisotopic (exact) mass is 276 g/mol. The summed E-state index contributed by atoms with van der Waals surface area (Å²) in [5.41, 5.74) is 2.49. The first-order valence-corrected chi connectivity index (χ1v) is 6.94. The van der Waals surface area contributed by atoms with E-state index in [-0.39, 0.29) is 5.41 Å². The normalized spacial score (nSPS) is 12.1. The zero-order valence-electron chi connectivity index (χ0n) is 13.0. The number of nitrogens with zero attached hydrogens (tertiary/aromatic N) is 5. The molecule has 110 valence electrons. The molecule has 0 radical (unpaired) electrons. The Morgan fingerprint density at radius 3 is 2.60 bits per heavy atom. The molecule has 6 nitrogen and oxygen atoms in total. The number of hydrogen-bond acceptors (Lipinski definition) is 4. The average molecular weight is 276 g/mol. The maximum absolute atomic E-state index is 4.57. The highest BCUT2D eigenvalue weighted by Gasteiger charge is 2.21. The molecule has 0 bridgehead atoms. The second kappa shape index (κ2) is 5.75. The molecule has 2 aromatic rings. The lowest BCUT2D eigenvalue weighted by Gasteiger charge is -2.17. The Kier molecular flexibility index (Phi) is 4.23. The summed E-state index contributed by atoms with van der Waals surface area (Å²) < 4.78 is 3.84. The molecule has 0 atom stereocenters. The molecule has 2 aromatic heterocycles. The van der Waals surface area contributed by atoms with E-state index in [4.69, 9.17) is 0 Å². The summed E-state index contributed by atoms with van der Waals surface area (Å²) in [6.07, 6.45) is 4.70. The summed E-state index contributed by atoms with van der Waals surface area (Å²) in [6, 6.07) is 0. The van der Waals surface area contributed by atoms with Crippen molar-refractivity contribution < 1.29 is 0 Å². The summed E-state index contributed by atoms with van der Waals surface area (Å²) in [4.78, 5) is 0. The molecule has 1 N–H and O–H groups in total. The van der Waals surface area contributed by atoms with Crippen molar-refractivity contribution in [3.05, 3.63) is 29.6 Å². The zero-order valence-corrected chi connectivity index (χ0v) is 13.0. The van der Waals surface area contributed by atoms with E-state index in [1.165, 1.54) is 5.56 Å². The lowest BCUT2D eigenvalue weighted by molar-refractivity contribution is 0.543. The van der Waals surface area contributed by atoms with Gasteiger partial charge in [-0.3, -0.25) is 4.68 Å². The molecule has 2 heterocycles. The van der Waals surface area contributed by atoms with Crippen molar-refractivity contribution in [1.82, 2.24) is 29.9 Å². The van der Waals surface area contributed by atoms with Gasteiger partial charge in [-0.2, -0.15) is 5.10 Å². The summed E-state index contributed by atoms with van der Waals surface area (Å²) in [5, 5.41) is 16.0. The van der Waals surface area contributed by atoms with E-state index in [1.807, 2.05) is 23.3 Å². The second-order valence-electron chi connectivity index (χ2n) is 6.21. The highest BCUT2D eigenvalue weighted by molar-refractivity contribution is 5.23. The molecular formula is C14H24N6. The van der Waals surface area contributed by atoms with Crippen LogP contribution in [0.5, 0.6) is 0 Å². The van der Waals surface area contributed by atoms with Crippen LogP contribution >= 0.6 is 0 Å². The highest BCUT2D eigenvalue weighted by atomic mass is 15.3. The van der Waals surface area contributed by atoms with Crippen molar-refractivity contribution in [3.8, 4) is 0 Å². The van der Waals surface area contributed by atoms with E-state index in [0.29, 0.717) is 0 Å². The molecule has 0 aliphatic heterocycles. The lowest BCUT2D eigenvalue weighted by Crippen LogP contribution is -2.21.